The van der Waals surface area contributed by atoms with Gasteiger partial charge >= 0.3 is 0 Å². The van der Waals surface area contributed by atoms with Gasteiger partial charge in [-0.25, -0.2) is 0 Å². The number of ketones is 1. The van der Waals surface area contributed by atoms with E-state index in [9.17, 15) is 9.59 Å². The Kier molecular flexibility index (Phi) is 8.75. The van der Waals surface area contributed by atoms with E-state index in [4.69, 9.17) is 9.15 Å². The van der Waals surface area contributed by atoms with E-state index < -0.39 is 6.04 Å². The number of ether oxygens (including phenoxy) is 1. The molecule has 1 N–H and O–H groups in total. The standard InChI is InChI=1S/C24H25NO4S/c26-23(18-30-17-21-12-7-13-29-21)22(14-19-8-3-1-4-9-19)25-24(27)16-28-15-20-10-5-2-6-11-20/h1-13,22H,14-18H2,(H,25,27)/t22-/m0/s1. The van der Waals surface area contributed by atoms with E-state index in [1.54, 1.807) is 6.26 Å². The van der Waals surface area contributed by atoms with Crippen LogP contribution in [0.25, 0.3) is 0 Å². The lowest BCUT2D eigenvalue weighted by molar-refractivity contribution is -0.130. The van der Waals surface area contributed by atoms with Crippen molar-refractivity contribution in [3.8, 4) is 0 Å². The fourth-order valence-corrected chi connectivity index (χ4v) is 3.78. The first kappa shape index (κ1) is 21.9. The van der Waals surface area contributed by atoms with Crippen molar-refractivity contribution in [2.45, 2.75) is 24.8 Å². The van der Waals surface area contributed by atoms with Gasteiger partial charge in [-0.05, 0) is 29.7 Å². The van der Waals surface area contributed by atoms with Gasteiger partial charge in [0.15, 0.2) is 5.78 Å². The van der Waals surface area contributed by atoms with E-state index >= 15 is 0 Å². The van der Waals surface area contributed by atoms with Crippen LogP contribution >= 0.6 is 11.8 Å². The van der Waals surface area contributed by atoms with E-state index in [0.29, 0.717) is 24.5 Å². The quantitative estimate of drug-likeness (QED) is 0.476. The van der Waals surface area contributed by atoms with Gasteiger partial charge < -0.3 is 14.5 Å². The highest BCUT2D eigenvalue weighted by atomic mass is 32.2. The van der Waals surface area contributed by atoms with Crippen LogP contribution in [0.4, 0.5) is 0 Å². The third kappa shape index (κ3) is 7.54. The normalized spacial score (nSPS) is 11.7. The van der Waals surface area contributed by atoms with Crippen LogP contribution in [-0.2, 0) is 33.1 Å². The minimum Gasteiger partial charge on any atom is -0.468 e. The average Bonchev–Trinajstić information content (AvgIpc) is 3.28. The minimum atomic E-state index is -0.593. The first-order chi connectivity index (χ1) is 14.7. The number of nitrogens with one attached hydrogen (secondary N) is 1. The molecule has 0 aliphatic carbocycles. The molecular formula is C24H25NO4S. The first-order valence-electron chi connectivity index (χ1n) is 9.78. The first-order valence-corrected chi connectivity index (χ1v) is 10.9. The number of rotatable bonds is 12. The topological polar surface area (TPSA) is 68.5 Å². The molecule has 3 aromatic rings. The van der Waals surface area contributed by atoms with Crippen LogP contribution in [0.1, 0.15) is 16.9 Å². The van der Waals surface area contributed by atoms with Crippen LogP contribution < -0.4 is 5.32 Å². The zero-order chi connectivity index (χ0) is 21.0. The highest BCUT2D eigenvalue weighted by Gasteiger charge is 2.21. The second kappa shape index (κ2) is 12.0. The molecule has 0 fully saturated rings. The number of Topliss-reactive ketones (excluding diaryl/α,β-unsaturated/α-hetero) is 1. The molecule has 0 saturated heterocycles. The van der Waals surface area contributed by atoms with Gasteiger partial charge in [-0.15, -0.1) is 11.8 Å². The Labute approximate surface area is 180 Å². The Hall–Kier alpha value is -2.83. The van der Waals surface area contributed by atoms with Gasteiger partial charge in [0.2, 0.25) is 5.91 Å². The Morgan fingerprint density at radius 1 is 0.933 bits per heavy atom. The number of amides is 1. The number of carbonyl (C=O) groups excluding carboxylic acids is 2. The summed E-state index contributed by atoms with van der Waals surface area (Å²) in [4.78, 5) is 25.2. The monoisotopic (exact) mass is 423 g/mol. The van der Waals surface area contributed by atoms with Gasteiger partial charge in [-0.1, -0.05) is 60.7 Å². The molecule has 156 valence electrons. The molecule has 0 aliphatic heterocycles. The summed E-state index contributed by atoms with van der Waals surface area (Å²) in [6.45, 7) is 0.261. The fourth-order valence-electron chi connectivity index (χ4n) is 2.91. The summed E-state index contributed by atoms with van der Waals surface area (Å²) in [6.07, 6.45) is 2.07. The fraction of sp³-hybridized carbons (Fsp3) is 0.250. The Bertz CT molecular complexity index is 897. The smallest absolute Gasteiger partial charge is 0.246 e. The molecule has 0 unspecified atom stereocenters. The van der Waals surface area contributed by atoms with Crippen LogP contribution in [0.2, 0.25) is 0 Å². The van der Waals surface area contributed by atoms with E-state index in [0.717, 1.165) is 16.9 Å². The predicted molar refractivity (Wildman–Crippen MR) is 118 cm³/mol. The number of furan rings is 1. The number of carbonyl (C=O) groups is 2. The lowest BCUT2D eigenvalue weighted by atomic mass is 10.0. The molecule has 0 aliphatic rings. The van der Waals surface area contributed by atoms with Crippen LogP contribution in [0.5, 0.6) is 0 Å². The molecule has 1 aromatic heterocycles. The van der Waals surface area contributed by atoms with Crippen LogP contribution in [0.3, 0.4) is 0 Å². The maximum absolute atomic E-state index is 12.8. The molecule has 2 aromatic carbocycles. The lowest BCUT2D eigenvalue weighted by Crippen LogP contribution is -2.44. The van der Waals surface area contributed by atoms with Crippen molar-refractivity contribution in [1.29, 1.82) is 0 Å². The summed E-state index contributed by atoms with van der Waals surface area (Å²) in [5, 5.41) is 2.84. The molecule has 30 heavy (non-hydrogen) atoms. The summed E-state index contributed by atoms with van der Waals surface area (Å²) < 4.78 is 10.8. The van der Waals surface area contributed by atoms with Crippen molar-refractivity contribution in [1.82, 2.24) is 5.32 Å². The zero-order valence-electron chi connectivity index (χ0n) is 16.7. The molecule has 1 amide bonds. The van der Waals surface area contributed by atoms with Gasteiger partial charge in [0, 0.05) is 0 Å². The van der Waals surface area contributed by atoms with Gasteiger partial charge in [0.1, 0.15) is 12.4 Å². The maximum atomic E-state index is 12.8. The highest BCUT2D eigenvalue weighted by Crippen LogP contribution is 2.14. The predicted octanol–water partition coefficient (Wildman–Crippen LogP) is 4.03. The molecule has 0 bridgehead atoms. The van der Waals surface area contributed by atoms with Crippen molar-refractivity contribution >= 4 is 23.5 Å². The van der Waals surface area contributed by atoms with E-state index in [1.165, 1.54) is 11.8 Å². The number of thioether (sulfide) groups is 1. The van der Waals surface area contributed by atoms with E-state index in [2.05, 4.69) is 5.32 Å². The lowest BCUT2D eigenvalue weighted by Gasteiger charge is -2.18. The van der Waals surface area contributed by atoms with Crippen molar-refractivity contribution in [2.75, 3.05) is 12.4 Å². The maximum Gasteiger partial charge on any atom is 0.246 e. The molecule has 0 radical (unpaired) electrons. The van der Waals surface area contributed by atoms with Crippen molar-refractivity contribution in [3.63, 3.8) is 0 Å². The summed E-state index contributed by atoms with van der Waals surface area (Å²) in [5.41, 5.74) is 1.99. The molecule has 1 heterocycles. The number of benzene rings is 2. The zero-order valence-corrected chi connectivity index (χ0v) is 17.5. The third-order valence-corrected chi connectivity index (χ3v) is 5.40. The van der Waals surface area contributed by atoms with Crippen molar-refractivity contribution in [2.24, 2.45) is 0 Å². The van der Waals surface area contributed by atoms with Gasteiger partial charge in [0.25, 0.3) is 0 Å². The molecule has 1 atom stereocenters. The minimum absolute atomic E-state index is 0.0215. The Morgan fingerprint density at radius 2 is 1.63 bits per heavy atom. The number of hydrogen-bond acceptors (Lipinski definition) is 5. The van der Waals surface area contributed by atoms with Gasteiger partial charge in [-0.2, -0.15) is 0 Å². The number of hydrogen-bond donors (Lipinski definition) is 1. The molecule has 6 heteroatoms. The second-order valence-electron chi connectivity index (χ2n) is 6.83. The highest BCUT2D eigenvalue weighted by molar-refractivity contribution is 7.99. The van der Waals surface area contributed by atoms with Crippen LogP contribution in [0, 0.1) is 0 Å². The summed E-state index contributed by atoms with van der Waals surface area (Å²) in [5.74, 6) is 1.42. The van der Waals surface area contributed by atoms with Crippen molar-refractivity contribution in [3.05, 3.63) is 95.9 Å². The average molecular weight is 424 g/mol. The molecule has 0 spiro atoms. The molecule has 0 saturated carbocycles. The molecule has 3 rings (SSSR count). The Morgan fingerprint density at radius 3 is 2.30 bits per heavy atom. The summed E-state index contributed by atoms with van der Waals surface area (Å²) >= 11 is 1.47. The van der Waals surface area contributed by atoms with Gasteiger partial charge in [-0.3, -0.25) is 9.59 Å². The summed E-state index contributed by atoms with van der Waals surface area (Å²) in [7, 11) is 0. The second-order valence-corrected chi connectivity index (χ2v) is 7.81. The van der Waals surface area contributed by atoms with Crippen molar-refractivity contribution < 1.29 is 18.7 Å². The SMILES string of the molecule is O=C(COCc1ccccc1)N[C@@H](Cc1ccccc1)C(=O)CSCc1ccco1. The van der Waals surface area contributed by atoms with Crippen LogP contribution in [-0.4, -0.2) is 30.1 Å². The van der Waals surface area contributed by atoms with E-state index in [-0.39, 0.29) is 18.3 Å². The third-order valence-electron chi connectivity index (χ3n) is 4.42. The molecule has 5 nitrogen and oxygen atoms in total. The summed E-state index contributed by atoms with van der Waals surface area (Å²) in [6, 6.07) is 22.5. The van der Waals surface area contributed by atoms with Gasteiger partial charge in [0.05, 0.1) is 30.4 Å². The van der Waals surface area contributed by atoms with Crippen LogP contribution in [0.15, 0.2) is 83.5 Å². The largest absolute Gasteiger partial charge is 0.468 e. The van der Waals surface area contributed by atoms with E-state index in [1.807, 2.05) is 72.8 Å². The Balaban J connectivity index is 1.51. The molecular weight excluding hydrogens is 398 g/mol.